The van der Waals surface area contributed by atoms with Gasteiger partial charge >= 0.3 is 0 Å². The highest BCUT2D eigenvalue weighted by Gasteiger charge is 2.01. The maximum Gasteiger partial charge on any atom is -0.0353 e. The van der Waals surface area contributed by atoms with Gasteiger partial charge in [-0.2, -0.15) is 0 Å². The average molecular weight is 267 g/mol. The number of hydrogen-bond acceptors (Lipinski definition) is 0. The predicted octanol–water partition coefficient (Wildman–Crippen LogP) is 7.29. The van der Waals surface area contributed by atoms with Gasteiger partial charge in [0.2, 0.25) is 0 Å². The first-order valence-electron chi connectivity index (χ1n) is 8.92. The fourth-order valence-electron chi connectivity index (χ4n) is 2.73. The molecule has 0 heterocycles. The third-order valence-electron chi connectivity index (χ3n) is 4.16. The average Bonchev–Trinajstić information content (AvgIpc) is 2.41. The Bertz CT molecular complexity index is 171. The molecule has 19 heavy (non-hydrogen) atoms. The van der Waals surface area contributed by atoms with E-state index in [1.807, 2.05) is 6.08 Å². The molecule has 0 aliphatic rings. The fraction of sp³-hybridized carbons (Fsp3) is 0.895. The van der Waals surface area contributed by atoms with Gasteiger partial charge < -0.3 is 0 Å². The van der Waals surface area contributed by atoms with Crippen LogP contribution in [0.25, 0.3) is 0 Å². The van der Waals surface area contributed by atoms with Crippen LogP contribution >= 0.6 is 0 Å². The molecular formula is C19H38. The summed E-state index contributed by atoms with van der Waals surface area (Å²) in [6, 6.07) is 0. The van der Waals surface area contributed by atoms with E-state index in [0.717, 1.165) is 5.92 Å². The van der Waals surface area contributed by atoms with E-state index in [2.05, 4.69) is 20.4 Å². The molecule has 0 rings (SSSR count). The molecular weight excluding hydrogens is 228 g/mol. The summed E-state index contributed by atoms with van der Waals surface area (Å²) in [6.07, 6.45) is 21.9. The van der Waals surface area contributed by atoms with Gasteiger partial charge in [0.25, 0.3) is 0 Å². The Kier molecular flexibility index (Phi) is 15.6. The van der Waals surface area contributed by atoms with Crippen molar-refractivity contribution in [1.82, 2.24) is 0 Å². The number of hydrogen-bond donors (Lipinski definition) is 0. The van der Waals surface area contributed by atoms with Gasteiger partial charge in [-0.15, -0.1) is 6.58 Å². The van der Waals surface area contributed by atoms with Crippen LogP contribution in [0.5, 0.6) is 0 Å². The molecule has 0 nitrogen and oxygen atoms in total. The van der Waals surface area contributed by atoms with Crippen molar-refractivity contribution in [1.29, 1.82) is 0 Å². The van der Waals surface area contributed by atoms with Crippen LogP contribution in [0.3, 0.4) is 0 Å². The molecule has 0 aromatic rings. The van der Waals surface area contributed by atoms with Gasteiger partial charge in [0, 0.05) is 0 Å². The summed E-state index contributed by atoms with van der Waals surface area (Å²) >= 11 is 0. The van der Waals surface area contributed by atoms with Crippen molar-refractivity contribution in [2.45, 2.75) is 104 Å². The van der Waals surface area contributed by atoms with Crippen molar-refractivity contribution in [2.75, 3.05) is 0 Å². The largest absolute Gasteiger partial charge is 0.103 e. The Hall–Kier alpha value is -0.260. The van der Waals surface area contributed by atoms with Gasteiger partial charge in [0.05, 0.1) is 0 Å². The molecule has 0 spiro atoms. The van der Waals surface area contributed by atoms with E-state index in [4.69, 9.17) is 0 Å². The first kappa shape index (κ1) is 18.7. The summed E-state index contributed by atoms with van der Waals surface area (Å²) in [5.41, 5.74) is 0. The van der Waals surface area contributed by atoms with Crippen molar-refractivity contribution in [3.05, 3.63) is 12.7 Å². The van der Waals surface area contributed by atoms with Crippen LogP contribution in [0, 0.1) is 5.92 Å². The molecule has 0 aromatic carbocycles. The van der Waals surface area contributed by atoms with E-state index in [1.165, 1.54) is 89.9 Å². The zero-order valence-corrected chi connectivity index (χ0v) is 13.8. The molecule has 0 amide bonds. The lowest BCUT2D eigenvalue weighted by molar-refractivity contribution is 0.436. The van der Waals surface area contributed by atoms with Gasteiger partial charge in [-0.1, -0.05) is 97.0 Å². The molecule has 0 saturated carbocycles. The lowest BCUT2D eigenvalue weighted by Crippen LogP contribution is -1.94. The van der Waals surface area contributed by atoms with E-state index >= 15 is 0 Å². The van der Waals surface area contributed by atoms with Crippen molar-refractivity contribution < 1.29 is 0 Å². The molecule has 0 fully saturated rings. The second-order valence-electron chi connectivity index (χ2n) is 6.30. The van der Waals surface area contributed by atoms with Gasteiger partial charge in [-0.05, 0) is 18.8 Å². The number of rotatable bonds is 15. The van der Waals surface area contributed by atoms with Crippen molar-refractivity contribution in [2.24, 2.45) is 5.92 Å². The maximum absolute atomic E-state index is 3.77. The van der Waals surface area contributed by atoms with Crippen LogP contribution in [0.4, 0.5) is 0 Å². The lowest BCUT2D eigenvalue weighted by Gasteiger charge is -2.10. The summed E-state index contributed by atoms with van der Waals surface area (Å²) in [5.74, 6) is 0.963. The first-order valence-corrected chi connectivity index (χ1v) is 8.92. The van der Waals surface area contributed by atoms with Crippen molar-refractivity contribution in [3.63, 3.8) is 0 Å². The maximum atomic E-state index is 3.77. The fourth-order valence-corrected chi connectivity index (χ4v) is 2.73. The Morgan fingerprint density at radius 1 is 0.737 bits per heavy atom. The van der Waals surface area contributed by atoms with Crippen LogP contribution in [0.1, 0.15) is 104 Å². The van der Waals surface area contributed by atoms with E-state index in [1.54, 1.807) is 0 Å². The molecule has 0 aliphatic carbocycles. The van der Waals surface area contributed by atoms with E-state index in [0.29, 0.717) is 0 Å². The van der Waals surface area contributed by atoms with Crippen LogP contribution in [-0.2, 0) is 0 Å². The molecule has 1 unspecified atom stereocenters. The summed E-state index contributed by atoms with van der Waals surface area (Å²) in [5, 5.41) is 0. The second kappa shape index (κ2) is 15.8. The summed E-state index contributed by atoms with van der Waals surface area (Å²) in [4.78, 5) is 0. The van der Waals surface area contributed by atoms with Crippen LogP contribution < -0.4 is 0 Å². The number of allylic oxidation sites excluding steroid dienone is 1. The molecule has 0 aromatic heterocycles. The van der Waals surface area contributed by atoms with Gasteiger partial charge in [-0.25, -0.2) is 0 Å². The van der Waals surface area contributed by atoms with E-state index in [9.17, 15) is 0 Å². The standard InChI is InChI=1S/C19H38/c1-4-6-8-9-10-11-12-13-14-16-18-19(3)17-15-7-5-2/h4,19H,1,5-18H2,2-3H3. The van der Waals surface area contributed by atoms with Gasteiger partial charge in [-0.3, -0.25) is 0 Å². The summed E-state index contributed by atoms with van der Waals surface area (Å²) in [7, 11) is 0. The van der Waals surface area contributed by atoms with E-state index in [-0.39, 0.29) is 0 Å². The minimum atomic E-state index is 0.963. The highest BCUT2D eigenvalue weighted by Crippen LogP contribution is 2.17. The molecule has 0 heteroatoms. The number of unbranched alkanes of at least 4 members (excludes halogenated alkanes) is 10. The Morgan fingerprint density at radius 3 is 1.74 bits per heavy atom. The van der Waals surface area contributed by atoms with Crippen LogP contribution in [-0.4, -0.2) is 0 Å². The Labute approximate surface area is 123 Å². The highest BCUT2D eigenvalue weighted by atomic mass is 14.1. The summed E-state index contributed by atoms with van der Waals surface area (Å²) in [6.45, 7) is 8.50. The Balaban J connectivity index is 3.07. The minimum absolute atomic E-state index is 0.963. The van der Waals surface area contributed by atoms with Crippen LogP contribution in [0.2, 0.25) is 0 Å². The SMILES string of the molecule is C=CCCCCCCCCCCC(C)CCCCC. The smallest absolute Gasteiger partial charge is 0.0353 e. The predicted molar refractivity (Wildman–Crippen MR) is 89.7 cm³/mol. The second-order valence-corrected chi connectivity index (χ2v) is 6.30. The topological polar surface area (TPSA) is 0 Å². The highest BCUT2D eigenvalue weighted by molar-refractivity contribution is 4.65. The quantitative estimate of drug-likeness (QED) is 0.216. The zero-order valence-electron chi connectivity index (χ0n) is 13.8. The summed E-state index contributed by atoms with van der Waals surface area (Å²) < 4.78 is 0. The first-order chi connectivity index (χ1) is 9.31. The van der Waals surface area contributed by atoms with E-state index < -0.39 is 0 Å². The molecule has 0 radical (unpaired) electrons. The van der Waals surface area contributed by atoms with Crippen molar-refractivity contribution >= 4 is 0 Å². The Morgan fingerprint density at radius 2 is 1.21 bits per heavy atom. The third-order valence-corrected chi connectivity index (χ3v) is 4.16. The van der Waals surface area contributed by atoms with Gasteiger partial charge in [0.1, 0.15) is 0 Å². The minimum Gasteiger partial charge on any atom is -0.103 e. The normalized spacial score (nSPS) is 12.5. The monoisotopic (exact) mass is 266 g/mol. The third kappa shape index (κ3) is 15.7. The molecule has 0 saturated heterocycles. The molecule has 0 N–H and O–H groups in total. The molecule has 1 atom stereocenters. The zero-order chi connectivity index (χ0) is 14.2. The van der Waals surface area contributed by atoms with Crippen molar-refractivity contribution in [3.8, 4) is 0 Å². The van der Waals surface area contributed by atoms with Crippen LogP contribution in [0.15, 0.2) is 12.7 Å². The molecule has 0 bridgehead atoms. The molecule has 114 valence electrons. The lowest BCUT2D eigenvalue weighted by atomic mass is 9.96. The molecule has 0 aliphatic heterocycles. The van der Waals surface area contributed by atoms with Gasteiger partial charge in [0.15, 0.2) is 0 Å².